The Morgan fingerprint density at radius 1 is 1.14 bits per heavy atom. The first-order valence-corrected chi connectivity index (χ1v) is 10.5. The maximum atomic E-state index is 12.5. The van der Waals surface area contributed by atoms with E-state index in [1.807, 2.05) is 36.1 Å². The molecule has 0 saturated heterocycles. The van der Waals surface area contributed by atoms with Crippen molar-refractivity contribution in [2.75, 3.05) is 32.1 Å². The summed E-state index contributed by atoms with van der Waals surface area (Å²) in [5.41, 5.74) is 1.40. The number of alkyl halides is 2. The Morgan fingerprint density at radius 3 is 2.41 bits per heavy atom. The number of sulfone groups is 1. The van der Waals surface area contributed by atoms with Crippen molar-refractivity contribution in [3.8, 4) is 5.75 Å². The summed E-state index contributed by atoms with van der Waals surface area (Å²) < 4.78 is 53.5. The molecule has 0 aromatic heterocycles. The Kier molecular flexibility index (Phi) is 8.10. The average Bonchev–Trinajstić information content (AvgIpc) is 2.66. The van der Waals surface area contributed by atoms with Crippen molar-refractivity contribution in [2.24, 2.45) is 0 Å². The molecule has 158 valence electrons. The molecule has 2 aromatic carbocycles. The number of rotatable bonds is 10. The summed E-state index contributed by atoms with van der Waals surface area (Å²) in [5, 5.41) is 2.61. The van der Waals surface area contributed by atoms with E-state index in [1.54, 1.807) is 7.05 Å². The van der Waals surface area contributed by atoms with E-state index in [2.05, 4.69) is 5.32 Å². The van der Waals surface area contributed by atoms with Gasteiger partial charge in [-0.05, 0) is 56.3 Å². The molecule has 0 spiro atoms. The highest BCUT2D eigenvalue weighted by molar-refractivity contribution is 7.91. The standard InChI is InChI=1S/C20H24F2N2O4S/c1-15-6-3-4-7-18(15)28-13-5-12-24(2)14-19(25)23-16-8-10-17(11-9-16)29(26,27)20(21)22/h3-4,6-11,20H,5,12-14H2,1-2H3,(H,23,25). The number of carbonyl (C=O) groups is 1. The molecule has 0 saturated carbocycles. The molecule has 0 fully saturated rings. The molecule has 0 aliphatic heterocycles. The number of para-hydroxylation sites is 1. The molecule has 6 nitrogen and oxygen atoms in total. The van der Waals surface area contributed by atoms with Crippen LogP contribution in [0.5, 0.6) is 5.75 Å². The first kappa shape index (κ1) is 22.8. The predicted octanol–water partition coefficient (Wildman–Crippen LogP) is 3.33. The summed E-state index contributed by atoms with van der Waals surface area (Å²) >= 11 is 0. The van der Waals surface area contributed by atoms with Crippen molar-refractivity contribution in [1.29, 1.82) is 0 Å². The quantitative estimate of drug-likeness (QED) is 0.590. The minimum Gasteiger partial charge on any atom is -0.493 e. The van der Waals surface area contributed by atoms with E-state index in [1.165, 1.54) is 12.1 Å². The molecule has 9 heteroatoms. The Bertz CT molecular complexity index is 918. The van der Waals surface area contributed by atoms with Gasteiger partial charge >= 0.3 is 5.76 Å². The number of carbonyl (C=O) groups excluding carboxylic acids is 1. The molecule has 0 aliphatic rings. The van der Waals surface area contributed by atoms with Crippen LogP contribution < -0.4 is 10.1 Å². The van der Waals surface area contributed by atoms with Gasteiger partial charge in [0, 0.05) is 12.2 Å². The van der Waals surface area contributed by atoms with E-state index in [0.717, 1.165) is 29.9 Å². The molecule has 2 aromatic rings. The van der Waals surface area contributed by atoms with Gasteiger partial charge in [0.05, 0.1) is 18.0 Å². The van der Waals surface area contributed by atoms with Crippen LogP contribution in [0.1, 0.15) is 12.0 Å². The van der Waals surface area contributed by atoms with Crippen molar-refractivity contribution < 1.29 is 26.7 Å². The topological polar surface area (TPSA) is 75.7 Å². The van der Waals surface area contributed by atoms with Crippen molar-refractivity contribution in [3.05, 3.63) is 54.1 Å². The fourth-order valence-electron chi connectivity index (χ4n) is 2.59. The number of halogens is 2. The summed E-state index contributed by atoms with van der Waals surface area (Å²) in [6.45, 7) is 3.27. The highest BCUT2D eigenvalue weighted by atomic mass is 32.2. The lowest BCUT2D eigenvalue weighted by Crippen LogP contribution is -2.31. The molecule has 2 rings (SSSR count). The SMILES string of the molecule is Cc1ccccc1OCCCN(C)CC(=O)Nc1ccc(S(=O)(=O)C(F)F)cc1. The number of likely N-dealkylation sites (N-methyl/N-ethyl adjacent to an activating group) is 1. The van der Waals surface area contributed by atoms with Crippen molar-refractivity contribution >= 4 is 21.4 Å². The molecular weight excluding hydrogens is 402 g/mol. The normalized spacial score (nSPS) is 11.7. The lowest BCUT2D eigenvalue weighted by atomic mass is 10.2. The Labute approximate surface area is 169 Å². The maximum Gasteiger partial charge on any atom is 0.341 e. The van der Waals surface area contributed by atoms with Crippen molar-refractivity contribution in [3.63, 3.8) is 0 Å². The van der Waals surface area contributed by atoms with Gasteiger partial charge in [-0.1, -0.05) is 18.2 Å². The number of benzene rings is 2. The van der Waals surface area contributed by atoms with E-state index in [4.69, 9.17) is 4.74 Å². The molecule has 0 atom stereocenters. The molecule has 0 radical (unpaired) electrons. The Morgan fingerprint density at radius 2 is 1.79 bits per heavy atom. The fraction of sp³-hybridized carbons (Fsp3) is 0.350. The molecule has 1 amide bonds. The predicted molar refractivity (Wildman–Crippen MR) is 107 cm³/mol. The lowest BCUT2D eigenvalue weighted by Gasteiger charge is -2.17. The first-order chi connectivity index (χ1) is 13.7. The Hall–Kier alpha value is -2.52. The van der Waals surface area contributed by atoms with Crippen LogP contribution in [-0.2, 0) is 14.6 Å². The van der Waals surface area contributed by atoms with Gasteiger partial charge in [0.25, 0.3) is 0 Å². The van der Waals surface area contributed by atoms with Crippen LogP contribution in [0.25, 0.3) is 0 Å². The second-order valence-electron chi connectivity index (χ2n) is 6.58. The molecule has 1 N–H and O–H groups in total. The number of anilines is 1. The molecule has 0 aliphatic carbocycles. The third-order valence-electron chi connectivity index (χ3n) is 4.15. The van der Waals surface area contributed by atoms with Crippen LogP contribution in [0, 0.1) is 6.92 Å². The van der Waals surface area contributed by atoms with E-state index < -0.39 is 20.5 Å². The third-order valence-corrected chi connectivity index (χ3v) is 5.55. The van der Waals surface area contributed by atoms with Crippen LogP contribution in [0.3, 0.4) is 0 Å². The molecule has 0 heterocycles. The van der Waals surface area contributed by atoms with E-state index in [-0.39, 0.29) is 12.5 Å². The summed E-state index contributed by atoms with van der Waals surface area (Å²) in [7, 11) is -2.85. The summed E-state index contributed by atoms with van der Waals surface area (Å²) in [6, 6.07) is 12.4. The lowest BCUT2D eigenvalue weighted by molar-refractivity contribution is -0.117. The first-order valence-electron chi connectivity index (χ1n) is 8.99. The van der Waals surface area contributed by atoms with E-state index >= 15 is 0 Å². The van der Waals surface area contributed by atoms with Gasteiger partial charge in [0.15, 0.2) is 0 Å². The van der Waals surface area contributed by atoms with Gasteiger partial charge in [-0.2, -0.15) is 8.78 Å². The number of hydrogen-bond donors (Lipinski definition) is 1. The highest BCUT2D eigenvalue weighted by Gasteiger charge is 2.26. The van der Waals surface area contributed by atoms with Crippen LogP contribution in [0.4, 0.5) is 14.5 Å². The maximum absolute atomic E-state index is 12.5. The zero-order valence-electron chi connectivity index (χ0n) is 16.3. The van der Waals surface area contributed by atoms with Crippen LogP contribution in [-0.4, -0.2) is 51.7 Å². The molecular formula is C20H24F2N2O4S. The van der Waals surface area contributed by atoms with Gasteiger partial charge in [-0.25, -0.2) is 8.42 Å². The molecule has 0 bridgehead atoms. The van der Waals surface area contributed by atoms with Gasteiger partial charge in [0.2, 0.25) is 15.7 Å². The van der Waals surface area contributed by atoms with Gasteiger partial charge in [-0.15, -0.1) is 0 Å². The van der Waals surface area contributed by atoms with Crippen LogP contribution >= 0.6 is 0 Å². The van der Waals surface area contributed by atoms with Crippen molar-refractivity contribution in [1.82, 2.24) is 4.90 Å². The zero-order valence-corrected chi connectivity index (χ0v) is 17.1. The highest BCUT2D eigenvalue weighted by Crippen LogP contribution is 2.20. The smallest absolute Gasteiger partial charge is 0.341 e. The second-order valence-corrected chi connectivity index (χ2v) is 8.50. The van der Waals surface area contributed by atoms with Gasteiger partial charge < -0.3 is 10.1 Å². The largest absolute Gasteiger partial charge is 0.493 e. The second kappa shape index (κ2) is 10.3. The monoisotopic (exact) mass is 426 g/mol. The average molecular weight is 426 g/mol. The summed E-state index contributed by atoms with van der Waals surface area (Å²) in [6.07, 6.45) is 0.734. The zero-order chi connectivity index (χ0) is 21.4. The number of nitrogens with one attached hydrogen (secondary N) is 1. The van der Waals surface area contributed by atoms with Crippen LogP contribution in [0.15, 0.2) is 53.4 Å². The number of amides is 1. The summed E-state index contributed by atoms with van der Waals surface area (Å²) in [5.74, 6) is -2.94. The minimum atomic E-state index is -4.64. The number of hydrogen-bond acceptors (Lipinski definition) is 5. The fourth-order valence-corrected chi connectivity index (χ4v) is 3.31. The van der Waals surface area contributed by atoms with Gasteiger partial charge in [-0.3, -0.25) is 9.69 Å². The van der Waals surface area contributed by atoms with Crippen molar-refractivity contribution in [2.45, 2.75) is 24.0 Å². The van der Waals surface area contributed by atoms with E-state index in [9.17, 15) is 22.0 Å². The molecule has 0 unspecified atom stereocenters. The molecule has 29 heavy (non-hydrogen) atoms. The van der Waals surface area contributed by atoms with Crippen LogP contribution in [0.2, 0.25) is 0 Å². The third kappa shape index (κ3) is 6.79. The number of ether oxygens (including phenoxy) is 1. The van der Waals surface area contributed by atoms with E-state index in [0.29, 0.717) is 18.8 Å². The Balaban J connectivity index is 1.75. The summed E-state index contributed by atoms with van der Waals surface area (Å²) in [4.78, 5) is 13.4. The van der Waals surface area contributed by atoms with Gasteiger partial charge in [0.1, 0.15) is 5.75 Å². The number of nitrogens with zero attached hydrogens (tertiary/aromatic N) is 1. The number of aryl methyl sites for hydroxylation is 1. The minimum absolute atomic E-state index is 0.126.